The molecule has 0 spiro atoms. The molecule has 0 saturated heterocycles. The number of hydrogen-bond acceptors (Lipinski definition) is 4. The maximum Gasteiger partial charge on any atom is 0.350 e. The smallest absolute Gasteiger partial charge is 0.350 e. The zero-order valence-electron chi connectivity index (χ0n) is 16.6. The van der Waals surface area contributed by atoms with Crippen molar-refractivity contribution in [2.45, 2.75) is 32.3 Å². The molecular weight excluding hydrogens is 432 g/mol. The molecule has 5 nitrogen and oxygen atoms in total. The second-order valence-electron chi connectivity index (χ2n) is 6.80. The van der Waals surface area contributed by atoms with Crippen LogP contribution in [-0.4, -0.2) is 24.6 Å². The van der Waals surface area contributed by atoms with Gasteiger partial charge in [-0.1, -0.05) is 37.0 Å². The van der Waals surface area contributed by atoms with Crippen molar-refractivity contribution in [3.8, 4) is 5.75 Å². The predicted octanol–water partition coefficient (Wildman–Crippen LogP) is 5.74. The Morgan fingerprint density at radius 3 is 2.53 bits per heavy atom. The molecule has 1 amide bonds. The molecule has 0 aromatic heterocycles. The molecule has 0 bridgehead atoms. The minimum atomic E-state index is -1.19. The second kappa shape index (κ2) is 8.66. The van der Waals surface area contributed by atoms with Crippen molar-refractivity contribution in [3.05, 3.63) is 57.3 Å². The van der Waals surface area contributed by atoms with E-state index in [0.29, 0.717) is 40.4 Å². The van der Waals surface area contributed by atoms with Crippen LogP contribution in [0, 0.1) is 5.82 Å². The molecule has 2 aromatic rings. The van der Waals surface area contributed by atoms with E-state index in [0.717, 1.165) is 0 Å². The summed E-state index contributed by atoms with van der Waals surface area (Å²) in [6.07, 6.45) is 2.30. The first-order valence-electron chi connectivity index (χ1n) is 9.34. The Hall–Kier alpha value is -2.57. The molecule has 3 rings (SSSR count). The van der Waals surface area contributed by atoms with Crippen molar-refractivity contribution in [3.63, 3.8) is 0 Å². The molecule has 1 aliphatic rings. The normalized spacial score (nSPS) is 14.5. The number of fused-ring (bicyclic) bond motifs is 1. The summed E-state index contributed by atoms with van der Waals surface area (Å²) in [6, 6.07) is 7.40. The van der Waals surface area contributed by atoms with Gasteiger partial charge in [0.05, 0.1) is 17.8 Å². The Balaban J connectivity index is 2.11. The van der Waals surface area contributed by atoms with Crippen LogP contribution >= 0.6 is 23.2 Å². The van der Waals surface area contributed by atoms with Gasteiger partial charge in [-0.25, -0.2) is 9.18 Å². The first-order valence-corrected chi connectivity index (χ1v) is 10.1. The Morgan fingerprint density at radius 2 is 1.90 bits per heavy atom. The van der Waals surface area contributed by atoms with Gasteiger partial charge in [0.25, 0.3) is 5.91 Å². The van der Waals surface area contributed by atoms with Crippen LogP contribution in [0.2, 0.25) is 10.0 Å². The number of hydrogen-bond donors (Lipinski definition) is 1. The lowest BCUT2D eigenvalue weighted by Gasteiger charge is -2.30. The lowest BCUT2D eigenvalue weighted by Crippen LogP contribution is -2.44. The summed E-state index contributed by atoms with van der Waals surface area (Å²) in [7, 11) is 1.30. The summed E-state index contributed by atoms with van der Waals surface area (Å²) in [4.78, 5) is 24.9. The van der Waals surface area contributed by atoms with E-state index in [1.807, 2.05) is 13.8 Å². The molecule has 0 unspecified atom stereocenters. The maximum atomic E-state index is 14.0. The Bertz CT molecular complexity index is 1050. The number of ether oxygens (including phenoxy) is 2. The molecule has 1 N–H and O–H groups in total. The number of carbonyl (C=O) groups is 2. The lowest BCUT2D eigenvalue weighted by atomic mass is 9.96. The molecule has 0 radical (unpaired) electrons. The average Bonchev–Trinajstić information content (AvgIpc) is 3.02. The number of amides is 1. The van der Waals surface area contributed by atoms with Gasteiger partial charge in [-0.3, -0.25) is 4.79 Å². The van der Waals surface area contributed by atoms with Gasteiger partial charge in [-0.15, -0.1) is 0 Å². The number of carbonyl (C=O) groups excluding carboxylic acids is 2. The van der Waals surface area contributed by atoms with Crippen LogP contribution in [0.4, 0.5) is 10.1 Å². The fourth-order valence-corrected chi connectivity index (χ4v) is 3.67. The number of halogens is 3. The lowest BCUT2D eigenvalue weighted by molar-refractivity contribution is -0.159. The number of esters is 1. The Morgan fingerprint density at radius 1 is 1.20 bits per heavy atom. The summed E-state index contributed by atoms with van der Waals surface area (Å²) in [6.45, 7) is 3.64. The summed E-state index contributed by atoms with van der Waals surface area (Å²) in [5.74, 6) is -1.21. The van der Waals surface area contributed by atoms with Gasteiger partial charge in [0, 0.05) is 21.7 Å². The van der Waals surface area contributed by atoms with E-state index in [1.54, 1.807) is 24.3 Å². The van der Waals surface area contributed by atoms with Gasteiger partial charge < -0.3 is 14.8 Å². The number of methoxy groups -OCH3 is 1. The highest BCUT2D eigenvalue weighted by atomic mass is 35.5. The first kappa shape index (κ1) is 22.1. The zero-order valence-corrected chi connectivity index (χ0v) is 18.2. The van der Waals surface area contributed by atoms with Crippen molar-refractivity contribution in [2.24, 2.45) is 0 Å². The third kappa shape index (κ3) is 4.02. The minimum absolute atomic E-state index is 0.0872. The molecule has 0 saturated carbocycles. The standard InChI is InChI=1S/C22H20Cl2FNO4/c1-4-22(5-2,21(28)29-3)30-19-7-6-13(23)8-12(19)9-15-14-10-17(25)16(24)11-18(14)26-20(15)27/h6-11H,4-5H2,1-3H3,(H,26,27)/b15-9-. The van der Waals surface area contributed by atoms with Gasteiger partial charge in [0.15, 0.2) is 0 Å². The summed E-state index contributed by atoms with van der Waals surface area (Å²) in [5.41, 5.74) is 0.285. The molecule has 0 fully saturated rings. The molecular formula is C22H20Cl2FNO4. The molecule has 2 aromatic carbocycles. The van der Waals surface area contributed by atoms with Crippen LogP contribution in [0.3, 0.4) is 0 Å². The predicted molar refractivity (Wildman–Crippen MR) is 115 cm³/mol. The highest BCUT2D eigenvalue weighted by Crippen LogP contribution is 2.39. The van der Waals surface area contributed by atoms with E-state index in [9.17, 15) is 14.0 Å². The molecule has 0 aliphatic carbocycles. The quantitative estimate of drug-likeness (QED) is 0.449. The third-order valence-corrected chi connectivity index (χ3v) is 5.64. The van der Waals surface area contributed by atoms with Crippen LogP contribution in [0.15, 0.2) is 30.3 Å². The van der Waals surface area contributed by atoms with Crippen LogP contribution in [-0.2, 0) is 14.3 Å². The monoisotopic (exact) mass is 451 g/mol. The van der Waals surface area contributed by atoms with Crippen LogP contribution in [0.1, 0.15) is 37.8 Å². The van der Waals surface area contributed by atoms with Crippen LogP contribution in [0.5, 0.6) is 5.75 Å². The maximum absolute atomic E-state index is 14.0. The number of nitrogens with one attached hydrogen (secondary N) is 1. The Labute approximate surface area is 183 Å². The van der Waals surface area contributed by atoms with Crippen molar-refractivity contribution in [1.82, 2.24) is 0 Å². The van der Waals surface area contributed by atoms with E-state index in [4.69, 9.17) is 32.7 Å². The molecule has 1 aliphatic heterocycles. The number of rotatable bonds is 6. The number of benzene rings is 2. The van der Waals surface area contributed by atoms with Gasteiger partial charge in [0.2, 0.25) is 5.60 Å². The summed E-state index contributed by atoms with van der Waals surface area (Å²) < 4.78 is 25.0. The molecule has 1 heterocycles. The zero-order chi connectivity index (χ0) is 22.1. The van der Waals surface area contributed by atoms with E-state index in [-0.39, 0.29) is 10.6 Å². The van der Waals surface area contributed by atoms with Crippen molar-refractivity contribution < 1.29 is 23.5 Å². The third-order valence-electron chi connectivity index (χ3n) is 5.12. The van der Waals surface area contributed by atoms with E-state index in [2.05, 4.69) is 5.32 Å². The number of anilines is 1. The van der Waals surface area contributed by atoms with Gasteiger partial charge in [-0.05, 0) is 49.2 Å². The molecule has 158 valence electrons. The van der Waals surface area contributed by atoms with Crippen molar-refractivity contribution >= 4 is 52.4 Å². The highest BCUT2D eigenvalue weighted by Gasteiger charge is 2.39. The van der Waals surface area contributed by atoms with Gasteiger partial charge >= 0.3 is 5.97 Å². The molecule has 0 atom stereocenters. The van der Waals surface area contributed by atoms with E-state index in [1.165, 1.54) is 19.2 Å². The fraction of sp³-hybridized carbons (Fsp3) is 0.273. The topological polar surface area (TPSA) is 64.6 Å². The second-order valence-corrected chi connectivity index (χ2v) is 7.64. The molecule has 30 heavy (non-hydrogen) atoms. The Kier molecular flexibility index (Phi) is 6.38. The van der Waals surface area contributed by atoms with E-state index < -0.39 is 23.3 Å². The first-order chi connectivity index (χ1) is 14.2. The van der Waals surface area contributed by atoms with Crippen molar-refractivity contribution in [1.29, 1.82) is 0 Å². The van der Waals surface area contributed by atoms with Crippen molar-refractivity contribution in [2.75, 3.05) is 12.4 Å². The largest absolute Gasteiger partial charge is 0.475 e. The SMILES string of the molecule is CCC(CC)(Oc1ccc(Cl)cc1/C=C1\C(=O)Nc2cc(Cl)c(F)cc21)C(=O)OC. The van der Waals surface area contributed by atoms with Gasteiger partial charge in [0.1, 0.15) is 11.6 Å². The summed E-state index contributed by atoms with van der Waals surface area (Å²) in [5, 5.41) is 2.98. The van der Waals surface area contributed by atoms with Crippen LogP contribution < -0.4 is 10.1 Å². The minimum Gasteiger partial charge on any atom is -0.475 e. The highest BCUT2D eigenvalue weighted by molar-refractivity contribution is 6.37. The fourth-order valence-electron chi connectivity index (χ4n) is 3.33. The summed E-state index contributed by atoms with van der Waals surface area (Å²) >= 11 is 12.0. The molecule has 8 heteroatoms. The average molecular weight is 452 g/mol. The van der Waals surface area contributed by atoms with E-state index >= 15 is 0 Å². The van der Waals surface area contributed by atoms with Crippen LogP contribution in [0.25, 0.3) is 11.6 Å². The van der Waals surface area contributed by atoms with Gasteiger partial charge in [-0.2, -0.15) is 0 Å².